The molecule has 2 N–H and O–H groups in total. The van der Waals surface area contributed by atoms with Crippen LogP contribution in [0.2, 0.25) is 0 Å². The van der Waals surface area contributed by atoms with Crippen LogP contribution >= 0.6 is 7.29 Å². The van der Waals surface area contributed by atoms with Crippen molar-refractivity contribution in [3.05, 3.63) is 108 Å². The van der Waals surface area contributed by atoms with Crippen LogP contribution in [0.3, 0.4) is 0 Å². The molecule has 0 bridgehead atoms. The molecular weight excluding hydrogens is 511 g/mol. The normalized spacial score (nSPS) is 18.7. The van der Waals surface area contributed by atoms with Crippen LogP contribution in [-0.4, -0.2) is 36.4 Å². The molecule has 7 nitrogen and oxygen atoms in total. The maximum atomic E-state index is 15.7. The number of rotatable bonds is 11. The largest absolute Gasteiger partial charge is 0.467 e. The van der Waals surface area contributed by atoms with Gasteiger partial charge in [-0.1, -0.05) is 91.0 Å². The van der Waals surface area contributed by atoms with Gasteiger partial charge in [0, 0.05) is 0 Å². The maximum absolute atomic E-state index is 15.7. The van der Waals surface area contributed by atoms with E-state index < -0.39 is 36.7 Å². The van der Waals surface area contributed by atoms with Crippen LogP contribution in [0.15, 0.2) is 91.0 Å². The third kappa shape index (κ3) is 6.43. The Bertz CT molecular complexity index is 1200. The number of methoxy groups -OCH3 is 1. The first-order valence-electron chi connectivity index (χ1n) is 13.5. The average Bonchev–Trinajstić information content (AvgIpc) is 3.33. The molecule has 0 radical (unpaired) electrons. The van der Waals surface area contributed by atoms with Gasteiger partial charge in [-0.25, -0.2) is 14.3 Å². The number of hydrogen-bond acceptors (Lipinski definition) is 6. The monoisotopic (exact) mass is 548 g/mol. The molecule has 0 aliphatic carbocycles. The van der Waals surface area contributed by atoms with Crippen molar-refractivity contribution in [2.24, 2.45) is 5.73 Å². The van der Waals surface area contributed by atoms with Crippen LogP contribution in [-0.2, 0) is 25.4 Å². The number of carbonyl (C=O) groups excluding carboxylic acids is 2. The molecule has 1 amide bonds. The predicted molar refractivity (Wildman–Crippen MR) is 152 cm³/mol. The van der Waals surface area contributed by atoms with Gasteiger partial charge < -0.3 is 15.2 Å². The zero-order valence-corrected chi connectivity index (χ0v) is 23.2. The molecular formula is C31H37N2O5P. The molecule has 1 saturated heterocycles. The van der Waals surface area contributed by atoms with Gasteiger partial charge in [0.15, 0.2) is 7.29 Å². The second kappa shape index (κ2) is 13.6. The first kappa shape index (κ1) is 28.6. The molecule has 1 aliphatic rings. The van der Waals surface area contributed by atoms with Crippen molar-refractivity contribution < 1.29 is 23.6 Å². The fourth-order valence-corrected chi connectivity index (χ4v) is 9.76. The van der Waals surface area contributed by atoms with Crippen LogP contribution in [0.1, 0.15) is 60.1 Å². The summed E-state index contributed by atoms with van der Waals surface area (Å²) >= 11 is 0. The van der Waals surface area contributed by atoms with E-state index in [1.807, 2.05) is 91.0 Å². The number of ether oxygens (including phenoxy) is 2. The third-order valence-corrected chi connectivity index (χ3v) is 11.4. The van der Waals surface area contributed by atoms with E-state index in [4.69, 9.17) is 15.2 Å². The van der Waals surface area contributed by atoms with Crippen LogP contribution in [0.5, 0.6) is 0 Å². The van der Waals surface area contributed by atoms with Crippen molar-refractivity contribution in [2.45, 2.75) is 56.1 Å². The Hall–Kier alpha value is -3.41. The summed E-state index contributed by atoms with van der Waals surface area (Å²) in [4.78, 5) is 27.3. The van der Waals surface area contributed by atoms with Crippen LogP contribution in [0.4, 0.5) is 4.79 Å². The molecule has 8 heteroatoms. The summed E-state index contributed by atoms with van der Waals surface area (Å²) in [5.41, 5.74) is 7.40. The number of amides is 1. The molecule has 3 atom stereocenters. The van der Waals surface area contributed by atoms with E-state index in [-0.39, 0.29) is 13.0 Å². The molecule has 3 aromatic carbocycles. The van der Waals surface area contributed by atoms with Crippen molar-refractivity contribution >= 4 is 19.4 Å². The highest BCUT2D eigenvalue weighted by Gasteiger charge is 2.56. The van der Waals surface area contributed by atoms with Crippen molar-refractivity contribution in [3.8, 4) is 0 Å². The lowest BCUT2D eigenvalue weighted by Crippen LogP contribution is -2.45. The first-order valence-corrected chi connectivity index (χ1v) is 15.3. The molecule has 0 saturated carbocycles. The Morgan fingerprint density at radius 1 is 0.872 bits per heavy atom. The standard InChI is InChI=1S/C31H37N2O5P/c1-37-30(34)27(19-11-12-22-32)33(31(35)38-23-24-13-5-2-6-14-24)39(36)28(25-15-7-3-8-16-25)20-21-29(39)26-17-9-4-10-18-26/h2-10,13-18,27-29H,11-12,19-23,32H2,1H3/t27-,28-,29-/m0/s1. The minimum Gasteiger partial charge on any atom is -0.467 e. The molecule has 0 aromatic heterocycles. The predicted octanol–water partition coefficient (Wildman–Crippen LogP) is 6.85. The first-order chi connectivity index (χ1) is 19.0. The molecule has 0 unspecified atom stereocenters. The summed E-state index contributed by atoms with van der Waals surface area (Å²) in [5.74, 6) is -0.607. The lowest BCUT2D eigenvalue weighted by atomic mass is 10.0. The zero-order valence-electron chi connectivity index (χ0n) is 22.4. The number of nitrogens with two attached hydrogens (primary N) is 1. The van der Waals surface area contributed by atoms with E-state index in [1.165, 1.54) is 11.8 Å². The maximum Gasteiger partial charge on any atom is 0.416 e. The SMILES string of the molecule is COC(=O)[C@H](CCCCN)N(C(=O)OCc1ccccc1)P1(=O)[C@H](c2ccccc2)CC[C@H]1c1ccccc1. The van der Waals surface area contributed by atoms with Gasteiger partial charge in [-0.05, 0) is 55.3 Å². The number of hydrogen-bond donors (Lipinski definition) is 1. The van der Waals surface area contributed by atoms with Crippen molar-refractivity contribution in [3.63, 3.8) is 0 Å². The molecule has 4 rings (SSSR count). The van der Waals surface area contributed by atoms with Gasteiger partial charge in [-0.2, -0.15) is 0 Å². The number of esters is 1. The topological polar surface area (TPSA) is 98.9 Å². The highest BCUT2D eigenvalue weighted by Crippen LogP contribution is 2.78. The van der Waals surface area contributed by atoms with Crippen molar-refractivity contribution in [2.75, 3.05) is 13.7 Å². The van der Waals surface area contributed by atoms with E-state index in [1.54, 1.807) is 0 Å². The second-order valence-corrected chi connectivity index (χ2v) is 12.8. The van der Waals surface area contributed by atoms with Crippen molar-refractivity contribution in [1.29, 1.82) is 0 Å². The van der Waals surface area contributed by atoms with Gasteiger partial charge >= 0.3 is 12.1 Å². The van der Waals surface area contributed by atoms with Crippen LogP contribution in [0, 0.1) is 0 Å². The fraction of sp³-hybridized carbons (Fsp3) is 0.355. The Morgan fingerprint density at radius 2 is 1.38 bits per heavy atom. The number of carbonyl (C=O) groups is 2. The molecule has 39 heavy (non-hydrogen) atoms. The van der Waals surface area contributed by atoms with Gasteiger partial charge in [-0.3, -0.25) is 4.57 Å². The smallest absolute Gasteiger partial charge is 0.416 e. The van der Waals surface area contributed by atoms with E-state index >= 15 is 4.57 Å². The zero-order chi connectivity index (χ0) is 27.7. The lowest BCUT2D eigenvalue weighted by molar-refractivity contribution is -0.145. The molecule has 1 heterocycles. The van der Waals surface area contributed by atoms with E-state index in [9.17, 15) is 9.59 Å². The van der Waals surface area contributed by atoms with Crippen molar-refractivity contribution in [1.82, 2.24) is 4.67 Å². The van der Waals surface area contributed by atoms with Gasteiger partial charge in [0.1, 0.15) is 12.6 Å². The number of nitrogens with zero attached hydrogens (tertiary/aromatic N) is 1. The Morgan fingerprint density at radius 3 is 1.87 bits per heavy atom. The van der Waals surface area contributed by atoms with Gasteiger partial charge in [0.25, 0.3) is 0 Å². The summed E-state index contributed by atoms with van der Waals surface area (Å²) in [5, 5.41) is 0. The summed E-state index contributed by atoms with van der Waals surface area (Å²) in [7, 11) is -2.38. The molecule has 1 aliphatic heterocycles. The highest BCUT2D eigenvalue weighted by molar-refractivity contribution is 7.63. The van der Waals surface area contributed by atoms with Crippen LogP contribution in [0.25, 0.3) is 0 Å². The van der Waals surface area contributed by atoms with E-state index in [0.29, 0.717) is 32.2 Å². The number of benzene rings is 3. The second-order valence-electron chi connectivity index (χ2n) is 9.81. The molecule has 0 spiro atoms. The molecule has 206 valence electrons. The van der Waals surface area contributed by atoms with Crippen LogP contribution < -0.4 is 5.73 Å². The molecule has 3 aromatic rings. The minimum absolute atomic E-state index is 0.00112. The average molecular weight is 549 g/mol. The summed E-state index contributed by atoms with van der Waals surface area (Å²) in [6, 6.07) is 27.5. The Balaban J connectivity index is 1.83. The highest BCUT2D eigenvalue weighted by atomic mass is 31.2. The van der Waals surface area contributed by atoms with Gasteiger partial charge in [-0.15, -0.1) is 0 Å². The van der Waals surface area contributed by atoms with Gasteiger partial charge in [0.05, 0.1) is 18.4 Å². The third-order valence-electron chi connectivity index (χ3n) is 7.40. The quantitative estimate of drug-likeness (QED) is 0.160. The fourth-order valence-electron chi connectivity index (χ4n) is 5.53. The molecule has 1 fully saturated rings. The summed E-state index contributed by atoms with van der Waals surface area (Å²) in [6.45, 7) is 0.447. The van der Waals surface area contributed by atoms with E-state index in [0.717, 1.165) is 16.7 Å². The summed E-state index contributed by atoms with van der Waals surface area (Å²) < 4.78 is 28.0. The summed E-state index contributed by atoms with van der Waals surface area (Å²) in [6.07, 6.45) is 1.96. The van der Waals surface area contributed by atoms with E-state index in [2.05, 4.69) is 0 Å². The minimum atomic E-state index is -3.67. The Labute approximate surface area is 230 Å². The Kier molecular flexibility index (Phi) is 9.96. The number of unbranched alkanes of at least 4 members (excludes halogenated alkanes) is 1. The van der Waals surface area contributed by atoms with Gasteiger partial charge in [0.2, 0.25) is 0 Å². The lowest BCUT2D eigenvalue weighted by Gasteiger charge is -2.40.